The van der Waals surface area contributed by atoms with Gasteiger partial charge in [0.05, 0.1) is 6.33 Å². The van der Waals surface area contributed by atoms with Crippen molar-refractivity contribution in [2.75, 3.05) is 12.8 Å². The fourth-order valence-electron chi connectivity index (χ4n) is 1.87. The van der Waals surface area contributed by atoms with Crippen LogP contribution in [0.1, 0.15) is 5.56 Å². The van der Waals surface area contributed by atoms with Crippen LogP contribution in [-0.2, 0) is 23.6 Å². The molecular formula is C12H14Cl2N4O2S. The minimum atomic E-state index is -3.76. The van der Waals surface area contributed by atoms with Crippen LogP contribution in [0.4, 0.5) is 5.82 Å². The molecule has 0 atom stereocenters. The fraction of sp³-hybridized carbons (Fsp3) is 0.250. The third kappa shape index (κ3) is 3.16. The maximum atomic E-state index is 12.5. The number of halogens is 2. The first-order valence-corrected chi connectivity index (χ1v) is 8.10. The molecule has 0 saturated carbocycles. The normalized spacial score (nSPS) is 12.0. The summed E-state index contributed by atoms with van der Waals surface area (Å²) in [5.41, 5.74) is 6.27. The molecule has 21 heavy (non-hydrogen) atoms. The number of nitrogens with two attached hydrogens (primary N) is 1. The second kappa shape index (κ2) is 5.84. The number of aryl methyl sites for hydroxylation is 1. The van der Waals surface area contributed by atoms with E-state index in [9.17, 15) is 8.42 Å². The number of sulfonamides is 1. The molecule has 6 nitrogen and oxygen atoms in total. The van der Waals surface area contributed by atoms with Crippen molar-refractivity contribution < 1.29 is 8.42 Å². The van der Waals surface area contributed by atoms with E-state index >= 15 is 0 Å². The molecule has 0 saturated heterocycles. The molecule has 1 aromatic heterocycles. The first-order valence-electron chi connectivity index (χ1n) is 5.90. The first kappa shape index (κ1) is 16.1. The van der Waals surface area contributed by atoms with Gasteiger partial charge in [-0.2, -0.15) is 4.31 Å². The van der Waals surface area contributed by atoms with Crippen LogP contribution >= 0.6 is 23.2 Å². The number of anilines is 1. The zero-order valence-electron chi connectivity index (χ0n) is 11.4. The quantitative estimate of drug-likeness (QED) is 0.917. The molecule has 0 aliphatic carbocycles. The van der Waals surface area contributed by atoms with Crippen LogP contribution in [0, 0.1) is 0 Å². The monoisotopic (exact) mass is 348 g/mol. The number of imidazole rings is 1. The number of nitrogens with zero attached hydrogens (tertiary/aromatic N) is 3. The molecule has 0 aliphatic heterocycles. The van der Waals surface area contributed by atoms with Crippen LogP contribution in [0.15, 0.2) is 29.6 Å². The van der Waals surface area contributed by atoms with Crippen LogP contribution < -0.4 is 5.73 Å². The Bertz CT molecular complexity index is 754. The number of rotatable bonds is 4. The minimum absolute atomic E-state index is 0.0356. The van der Waals surface area contributed by atoms with E-state index in [0.717, 1.165) is 4.31 Å². The highest BCUT2D eigenvalue weighted by Crippen LogP contribution is 2.25. The van der Waals surface area contributed by atoms with Crippen molar-refractivity contribution in [3.05, 3.63) is 40.1 Å². The molecule has 2 rings (SSSR count). The highest BCUT2D eigenvalue weighted by atomic mass is 35.5. The Hall–Kier alpha value is -1.28. The van der Waals surface area contributed by atoms with E-state index in [0.29, 0.717) is 15.6 Å². The molecule has 9 heteroatoms. The summed E-state index contributed by atoms with van der Waals surface area (Å²) < 4.78 is 27.6. The maximum absolute atomic E-state index is 12.5. The minimum Gasteiger partial charge on any atom is -0.381 e. The smallest absolute Gasteiger partial charge is 0.262 e. The van der Waals surface area contributed by atoms with Gasteiger partial charge in [-0.15, -0.1) is 0 Å². The van der Waals surface area contributed by atoms with Crippen molar-refractivity contribution in [2.45, 2.75) is 11.6 Å². The van der Waals surface area contributed by atoms with Crippen molar-refractivity contribution in [1.29, 1.82) is 0 Å². The van der Waals surface area contributed by atoms with Gasteiger partial charge in [-0.3, -0.25) is 0 Å². The second-order valence-corrected chi connectivity index (χ2v) is 7.35. The van der Waals surface area contributed by atoms with Gasteiger partial charge in [-0.25, -0.2) is 13.4 Å². The average molecular weight is 349 g/mol. The van der Waals surface area contributed by atoms with Gasteiger partial charge in [0.1, 0.15) is 0 Å². The van der Waals surface area contributed by atoms with E-state index < -0.39 is 10.0 Å². The summed E-state index contributed by atoms with van der Waals surface area (Å²) in [6, 6.07) is 4.91. The zero-order valence-corrected chi connectivity index (χ0v) is 13.7. The van der Waals surface area contributed by atoms with Crippen molar-refractivity contribution in [2.24, 2.45) is 7.05 Å². The Balaban J connectivity index is 2.33. The average Bonchev–Trinajstić information content (AvgIpc) is 2.72. The fourth-order valence-corrected chi connectivity index (χ4v) is 3.67. The van der Waals surface area contributed by atoms with Gasteiger partial charge in [0.25, 0.3) is 10.0 Å². The van der Waals surface area contributed by atoms with E-state index in [-0.39, 0.29) is 17.4 Å². The molecule has 0 aliphatic rings. The summed E-state index contributed by atoms with van der Waals surface area (Å²) >= 11 is 11.9. The van der Waals surface area contributed by atoms with Gasteiger partial charge >= 0.3 is 0 Å². The van der Waals surface area contributed by atoms with Crippen molar-refractivity contribution in [3.8, 4) is 0 Å². The van der Waals surface area contributed by atoms with E-state index in [2.05, 4.69) is 4.98 Å². The molecule has 2 aromatic rings. The van der Waals surface area contributed by atoms with Gasteiger partial charge in [0.2, 0.25) is 0 Å². The van der Waals surface area contributed by atoms with E-state index in [1.54, 1.807) is 25.2 Å². The lowest BCUT2D eigenvalue weighted by atomic mass is 10.2. The van der Waals surface area contributed by atoms with Crippen molar-refractivity contribution in [3.63, 3.8) is 0 Å². The standard InChI is InChI=1S/C12H14Cl2N4O2S/c1-17-7-16-11(15)12(17)21(19,20)18(2)6-8-3-4-9(13)5-10(8)14/h3-5,7H,6,15H2,1-2H3. The Labute approximate surface area is 133 Å². The summed E-state index contributed by atoms with van der Waals surface area (Å²) in [5, 5.41) is 0.850. The number of aromatic nitrogens is 2. The largest absolute Gasteiger partial charge is 0.381 e. The van der Waals surface area contributed by atoms with Crippen LogP contribution in [0.5, 0.6) is 0 Å². The number of benzene rings is 1. The van der Waals surface area contributed by atoms with E-state index in [1.807, 2.05) is 0 Å². The Morgan fingerprint density at radius 2 is 2.05 bits per heavy atom. The predicted octanol–water partition coefficient (Wildman–Crippen LogP) is 2.13. The molecule has 0 spiro atoms. The molecular weight excluding hydrogens is 335 g/mol. The van der Waals surface area contributed by atoms with Crippen LogP contribution in [-0.4, -0.2) is 29.3 Å². The highest BCUT2D eigenvalue weighted by Gasteiger charge is 2.27. The first-order chi connectivity index (χ1) is 9.73. The molecule has 0 amide bonds. The lowest BCUT2D eigenvalue weighted by molar-refractivity contribution is 0.461. The Kier molecular flexibility index (Phi) is 4.48. The molecule has 0 fully saturated rings. The third-order valence-electron chi connectivity index (χ3n) is 2.97. The zero-order chi connectivity index (χ0) is 15.8. The SMILES string of the molecule is CN(Cc1ccc(Cl)cc1Cl)S(=O)(=O)c1c(N)ncn1C. The molecule has 114 valence electrons. The lowest BCUT2D eigenvalue weighted by Gasteiger charge is -2.18. The van der Waals surface area contributed by atoms with Crippen LogP contribution in [0.3, 0.4) is 0 Å². The van der Waals surface area contributed by atoms with E-state index in [1.165, 1.54) is 17.9 Å². The van der Waals surface area contributed by atoms with Crippen molar-refractivity contribution >= 4 is 39.0 Å². The number of hydrogen-bond donors (Lipinski definition) is 1. The highest BCUT2D eigenvalue weighted by molar-refractivity contribution is 7.89. The Morgan fingerprint density at radius 3 is 2.57 bits per heavy atom. The maximum Gasteiger partial charge on any atom is 0.262 e. The molecule has 0 bridgehead atoms. The van der Waals surface area contributed by atoms with Gasteiger partial charge in [0.15, 0.2) is 10.8 Å². The van der Waals surface area contributed by atoms with Gasteiger partial charge < -0.3 is 10.3 Å². The summed E-state index contributed by atoms with van der Waals surface area (Å²) in [7, 11) is -0.745. The third-order valence-corrected chi connectivity index (χ3v) is 5.49. The Morgan fingerprint density at radius 1 is 1.38 bits per heavy atom. The number of nitrogen functional groups attached to an aromatic ring is 1. The lowest BCUT2D eigenvalue weighted by Crippen LogP contribution is -2.28. The van der Waals surface area contributed by atoms with Gasteiger partial charge in [-0.1, -0.05) is 29.3 Å². The van der Waals surface area contributed by atoms with Crippen LogP contribution in [0.25, 0.3) is 0 Å². The predicted molar refractivity (Wildman–Crippen MR) is 82.7 cm³/mol. The van der Waals surface area contributed by atoms with Gasteiger partial charge in [0, 0.05) is 30.7 Å². The van der Waals surface area contributed by atoms with Crippen LogP contribution in [0.2, 0.25) is 10.0 Å². The second-order valence-electron chi connectivity index (χ2n) is 4.54. The molecule has 1 heterocycles. The number of hydrogen-bond acceptors (Lipinski definition) is 4. The molecule has 1 aromatic carbocycles. The summed E-state index contributed by atoms with van der Waals surface area (Å²) in [6.07, 6.45) is 1.35. The summed E-state index contributed by atoms with van der Waals surface area (Å²) in [6.45, 7) is 0.100. The molecule has 0 radical (unpaired) electrons. The van der Waals surface area contributed by atoms with Gasteiger partial charge in [-0.05, 0) is 17.7 Å². The molecule has 0 unspecified atom stereocenters. The summed E-state index contributed by atoms with van der Waals surface area (Å²) in [4.78, 5) is 3.79. The topological polar surface area (TPSA) is 81.2 Å². The summed E-state index contributed by atoms with van der Waals surface area (Å²) in [5.74, 6) is -0.0356. The van der Waals surface area contributed by atoms with Crippen molar-refractivity contribution in [1.82, 2.24) is 13.9 Å². The van der Waals surface area contributed by atoms with E-state index in [4.69, 9.17) is 28.9 Å². The molecule has 2 N–H and O–H groups in total.